The Hall–Kier alpha value is -1.89. The van der Waals surface area contributed by atoms with Crippen molar-refractivity contribution in [1.29, 1.82) is 0 Å². The van der Waals surface area contributed by atoms with Crippen molar-refractivity contribution in [2.45, 2.75) is 45.0 Å². The number of thioether (sulfide) groups is 1. The van der Waals surface area contributed by atoms with Gasteiger partial charge in [-0.15, -0.1) is 11.8 Å². The molecule has 174 valence electrons. The molecule has 5 nitrogen and oxygen atoms in total. The van der Waals surface area contributed by atoms with E-state index in [9.17, 15) is 9.59 Å². The van der Waals surface area contributed by atoms with Crippen molar-refractivity contribution in [3.63, 3.8) is 0 Å². The molecule has 0 spiro atoms. The Kier molecular flexibility index (Phi) is 11.2. The number of nitrogens with one attached hydrogen (secondary N) is 1. The number of carbonyl (C=O) groups excluding carboxylic acids is 2. The minimum absolute atomic E-state index is 0.0935. The number of halogens is 2. The number of amides is 2. The zero-order valence-corrected chi connectivity index (χ0v) is 21.0. The van der Waals surface area contributed by atoms with Gasteiger partial charge in [-0.1, -0.05) is 54.7 Å². The quantitative estimate of drug-likeness (QED) is 0.390. The average molecular weight is 497 g/mol. The summed E-state index contributed by atoms with van der Waals surface area (Å²) in [6.07, 6.45) is 1.90. The summed E-state index contributed by atoms with van der Waals surface area (Å²) in [5.41, 5.74) is 1.92. The molecule has 2 rings (SSSR count). The van der Waals surface area contributed by atoms with Gasteiger partial charge in [0.25, 0.3) is 0 Å². The number of benzene rings is 2. The third-order valence-electron chi connectivity index (χ3n) is 4.99. The molecule has 32 heavy (non-hydrogen) atoms. The molecule has 0 saturated heterocycles. The Morgan fingerprint density at radius 2 is 1.78 bits per heavy atom. The molecule has 2 amide bonds. The second-order valence-electron chi connectivity index (χ2n) is 7.43. The van der Waals surface area contributed by atoms with Crippen molar-refractivity contribution < 1.29 is 14.3 Å². The van der Waals surface area contributed by atoms with Crippen LogP contribution >= 0.6 is 35.0 Å². The smallest absolute Gasteiger partial charge is 0.242 e. The van der Waals surface area contributed by atoms with Crippen molar-refractivity contribution in [3.8, 4) is 5.75 Å². The minimum atomic E-state index is -0.577. The molecular formula is C24H30Cl2N2O3S. The predicted molar refractivity (Wildman–Crippen MR) is 134 cm³/mol. The lowest BCUT2D eigenvalue weighted by molar-refractivity contribution is -0.138. The maximum Gasteiger partial charge on any atom is 0.242 e. The van der Waals surface area contributed by atoms with Gasteiger partial charge in [0.05, 0.1) is 22.9 Å². The topological polar surface area (TPSA) is 58.6 Å². The van der Waals surface area contributed by atoms with Gasteiger partial charge in [0.1, 0.15) is 11.8 Å². The number of carbonyl (C=O) groups is 2. The fraction of sp³-hybridized carbons (Fsp3) is 0.417. The second kappa shape index (κ2) is 13.6. The number of nitrogens with zero attached hydrogens (tertiary/aromatic N) is 1. The van der Waals surface area contributed by atoms with Crippen LogP contribution in [0.1, 0.15) is 37.8 Å². The maximum absolute atomic E-state index is 13.1. The van der Waals surface area contributed by atoms with Crippen molar-refractivity contribution in [2.24, 2.45) is 0 Å². The molecule has 0 aromatic heterocycles. The van der Waals surface area contributed by atoms with Crippen LogP contribution in [0.5, 0.6) is 5.75 Å². The first-order valence-electron chi connectivity index (χ1n) is 10.6. The minimum Gasteiger partial charge on any atom is -0.497 e. The highest BCUT2D eigenvalue weighted by Gasteiger charge is 2.25. The molecule has 0 aliphatic rings. The van der Waals surface area contributed by atoms with E-state index in [2.05, 4.69) is 12.2 Å². The van der Waals surface area contributed by atoms with Crippen LogP contribution in [0, 0.1) is 0 Å². The van der Waals surface area contributed by atoms with Crippen LogP contribution in [0.3, 0.4) is 0 Å². The molecule has 0 unspecified atom stereocenters. The molecule has 0 saturated carbocycles. The average Bonchev–Trinajstić information content (AvgIpc) is 2.79. The van der Waals surface area contributed by atoms with Gasteiger partial charge in [-0.05, 0) is 48.7 Å². The van der Waals surface area contributed by atoms with Crippen molar-refractivity contribution in [2.75, 3.05) is 19.4 Å². The molecule has 1 N–H and O–H groups in total. The molecule has 8 heteroatoms. The summed E-state index contributed by atoms with van der Waals surface area (Å²) >= 11 is 13.5. The van der Waals surface area contributed by atoms with Crippen molar-refractivity contribution in [3.05, 3.63) is 63.6 Å². The van der Waals surface area contributed by atoms with E-state index < -0.39 is 6.04 Å². The van der Waals surface area contributed by atoms with Crippen LogP contribution < -0.4 is 10.1 Å². The van der Waals surface area contributed by atoms with Gasteiger partial charge in [-0.2, -0.15) is 0 Å². The maximum atomic E-state index is 13.1. The number of unbranched alkanes of at least 4 members (excludes halogenated alkanes) is 1. The van der Waals surface area contributed by atoms with E-state index in [-0.39, 0.29) is 17.6 Å². The zero-order valence-electron chi connectivity index (χ0n) is 18.7. The summed E-state index contributed by atoms with van der Waals surface area (Å²) in [5, 5.41) is 3.93. The highest BCUT2D eigenvalue weighted by molar-refractivity contribution is 7.99. The Bertz CT molecular complexity index is 893. The first-order valence-corrected chi connectivity index (χ1v) is 12.5. The van der Waals surface area contributed by atoms with Gasteiger partial charge in [0, 0.05) is 18.8 Å². The van der Waals surface area contributed by atoms with Crippen molar-refractivity contribution in [1.82, 2.24) is 10.2 Å². The lowest BCUT2D eigenvalue weighted by atomic mass is 10.1. The fourth-order valence-electron chi connectivity index (χ4n) is 3.01. The first-order chi connectivity index (χ1) is 15.3. The highest BCUT2D eigenvalue weighted by atomic mass is 35.5. The van der Waals surface area contributed by atoms with Crippen LogP contribution in [0.2, 0.25) is 10.0 Å². The van der Waals surface area contributed by atoms with Gasteiger partial charge >= 0.3 is 0 Å². The lowest BCUT2D eigenvalue weighted by Crippen LogP contribution is -2.48. The van der Waals surface area contributed by atoms with Gasteiger partial charge < -0.3 is 15.0 Å². The summed E-state index contributed by atoms with van der Waals surface area (Å²) in [7, 11) is 1.61. The number of rotatable bonds is 12. The van der Waals surface area contributed by atoms with E-state index in [0.29, 0.717) is 28.9 Å². The van der Waals surface area contributed by atoms with Gasteiger partial charge in [-0.3, -0.25) is 9.59 Å². The molecule has 2 aromatic carbocycles. The van der Waals surface area contributed by atoms with Gasteiger partial charge in [0.2, 0.25) is 11.8 Å². The molecule has 1 atom stereocenters. The van der Waals surface area contributed by atoms with E-state index in [1.807, 2.05) is 30.3 Å². The number of hydrogen-bond acceptors (Lipinski definition) is 4. The summed E-state index contributed by atoms with van der Waals surface area (Å²) in [5.74, 6) is 1.38. The van der Waals surface area contributed by atoms with Crippen molar-refractivity contribution >= 4 is 46.8 Å². The van der Waals surface area contributed by atoms with Crippen LogP contribution in [0.15, 0.2) is 42.5 Å². The Morgan fingerprint density at radius 1 is 1.09 bits per heavy atom. The first kappa shape index (κ1) is 26.4. The van der Waals surface area contributed by atoms with E-state index in [1.54, 1.807) is 31.1 Å². The van der Waals surface area contributed by atoms with Crippen LogP contribution in [0.4, 0.5) is 0 Å². The zero-order chi connectivity index (χ0) is 23.5. The number of hydrogen-bond donors (Lipinski definition) is 1. The standard InChI is InChI=1S/C24H30Cl2N2O3S/c1-4-5-12-27-24(30)17(2)28(14-18-6-9-20(31-3)10-7-18)23(29)16-32-15-19-8-11-21(25)22(26)13-19/h6-11,13,17H,4-5,12,14-16H2,1-3H3,(H,27,30)/t17-/m1/s1. The molecule has 0 radical (unpaired) electrons. The monoisotopic (exact) mass is 496 g/mol. The molecule has 0 fully saturated rings. The van der Waals surface area contributed by atoms with Crippen LogP contribution in [0.25, 0.3) is 0 Å². The van der Waals surface area contributed by atoms with Crippen LogP contribution in [-0.4, -0.2) is 42.2 Å². The normalized spacial score (nSPS) is 11.7. The van der Waals surface area contributed by atoms with E-state index in [1.165, 1.54) is 11.8 Å². The predicted octanol–water partition coefficient (Wildman–Crippen LogP) is 5.57. The number of methoxy groups -OCH3 is 1. The highest BCUT2D eigenvalue weighted by Crippen LogP contribution is 2.25. The van der Waals surface area contributed by atoms with Gasteiger partial charge in [-0.25, -0.2) is 0 Å². The number of ether oxygens (including phenoxy) is 1. The van der Waals surface area contributed by atoms with E-state index >= 15 is 0 Å². The lowest BCUT2D eigenvalue weighted by Gasteiger charge is -2.29. The molecule has 2 aromatic rings. The summed E-state index contributed by atoms with van der Waals surface area (Å²) < 4.78 is 5.21. The molecule has 0 aliphatic carbocycles. The molecule has 0 bridgehead atoms. The third kappa shape index (κ3) is 8.23. The second-order valence-corrected chi connectivity index (χ2v) is 9.23. The Balaban J connectivity index is 2.05. The SMILES string of the molecule is CCCCNC(=O)[C@@H](C)N(Cc1ccc(OC)cc1)C(=O)CSCc1ccc(Cl)c(Cl)c1. The Labute approximate surface area is 204 Å². The molecular weight excluding hydrogens is 467 g/mol. The summed E-state index contributed by atoms with van der Waals surface area (Å²) in [6, 6.07) is 12.4. The van der Waals surface area contributed by atoms with E-state index in [4.69, 9.17) is 27.9 Å². The molecule has 0 aliphatic heterocycles. The largest absolute Gasteiger partial charge is 0.497 e. The van der Waals surface area contributed by atoms with Crippen LogP contribution in [-0.2, 0) is 21.9 Å². The Morgan fingerprint density at radius 3 is 2.41 bits per heavy atom. The summed E-state index contributed by atoms with van der Waals surface area (Å²) in [4.78, 5) is 27.4. The molecule has 0 heterocycles. The summed E-state index contributed by atoms with van der Waals surface area (Å²) in [6.45, 7) is 4.79. The fourth-order valence-corrected chi connectivity index (χ4v) is 4.19. The third-order valence-corrected chi connectivity index (χ3v) is 6.71. The van der Waals surface area contributed by atoms with Gasteiger partial charge in [0.15, 0.2) is 0 Å². The van der Waals surface area contributed by atoms with E-state index in [0.717, 1.165) is 29.7 Å².